The van der Waals surface area contributed by atoms with Crippen molar-refractivity contribution in [3.8, 4) is 5.75 Å². The molecule has 0 aliphatic heterocycles. The Morgan fingerprint density at radius 1 is 1.17 bits per heavy atom. The van der Waals surface area contributed by atoms with E-state index in [1.807, 2.05) is 30.3 Å². The van der Waals surface area contributed by atoms with Gasteiger partial charge in [0.15, 0.2) is 10.9 Å². The number of rotatable bonds is 7. The van der Waals surface area contributed by atoms with E-state index < -0.39 is 0 Å². The van der Waals surface area contributed by atoms with Crippen LogP contribution in [0, 0.1) is 0 Å². The Morgan fingerprint density at radius 3 is 2.73 bits per heavy atom. The first-order chi connectivity index (χ1) is 14.6. The summed E-state index contributed by atoms with van der Waals surface area (Å²) in [6.07, 6.45) is 1.58. The van der Waals surface area contributed by atoms with Crippen molar-refractivity contribution in [2.24, 2.45) is 0 Å². The van der Waals surface area contributed by atoms with Crippen molar-refractivity contribution in [2.45, 2.75) is 24.4 Å². The van der Waals surface area contributed by atoms with Crippen LogP contribution in [0.2, 0.25) is 0 Å². The van der Waals surface area contributed by atoms with Gasteiger partial charge in [0.1, 0.15) is 11.5 Å². The molecule has 0 saturated carbocycles. The van der Waals surface area contributed by atoms with Crippen molar-refractivity contribution in [2.75, 3.05) is 7.11 Å². The normalized spacial score (nSPS) is 11.0. The van der Waals surface area contributed by atoms with Crippen LogP contribution in [-0.2, 0) is 12.3 Å². The maximum Gasteiger partial charge on any atom is 0.262 e. The minimum Gasteiger partial charge on any atom is -0.496 e. The zero-order chi connectivity index (χ0) is 21.1. The fourth-order valence-corrected chi connectivity index (χ4v) is 4.18. The van der Waals surface area contributed by atoms with Gasteiger partial charge >= 0.3 is 0 Å². The minimum atomic E-state index is -0.121. The van der Waals surface area contributed by atoms with Crippen molar-refractivity contribution in [3.63, 3.8) is 0 Å². The molecule has 0 aliphatic rings. The second-order valence-electron chi connectivity index (χ2n) is 6.75. The third-order valence-corrected chi connectivity index (χ3v) is 5.79. The number of carbonyl (C=O) groups excluding carboxylic acids is 1. The number of hydrogen-bond acceptors (Lipinski definition) is 6. The average Bonchev–Trinajstić information content (AvgIpc) is 3.27. The predicted molar refractivity (Wildman–Crippen MR) is 116 cm³/mol. The zero-order valence-electron chi connectivity index (χ0n) is 16.6. The molecule has 0 bridgehead atoms. The SMILES string of the molecule is COc1ccc(C(C)=O)cc1CSc1nc2ccccc2c(=O)n1Cc1ccco1. The number of benzene rings is 2. The van der Waals surface area contributed by atoms with Crippen LogP contribution >= 0.6 is 11.8 Å². The topological polar surface area (TPSA) is 74.3 Å². The summed E-state index contributed by atoms with van der Waals surface area (Å²) < 4.78 is 12.5. The molecule has 4 rings (SSSR count). The first kappa shape index (κ1) is 20.0. The monoisotopic (exact) mass is 420 g/mol. The molecule has 0 unspecified atom stereocenters. The summed E-state index contributed by atoms with van der Waals surface area (Å²) in [6.45, 7) is 1.82. The Hall–Kier alpha value is -3.32. The maximum atomic E-state index is 13.2. The predicted octanol–water partition coefficient (Wildman–Crippen LogP) is 4.54. The highest BCUT2D eigenvalue weighted by molar-refractivity contribution is 7.98. The lowest BCUT2D eigenvalue weighted by atomic mass is 10.1. The molecule has 0 atom stereocenters. The van der Waals surface area contributed by atoms with Crippen LogP contribution in [0.1, 0.15) is 28.6 Å². The lowest BCUT2D eigenvalue weighted by Gasteiger charge is -2.14. The molecule has 4 aromatic rings. The van der Waals surface area contributed by atoms with E-state index in [9.17, 15) is 9.59 Å². The number of thioether (sulfide) groups is 1. The Balaban J connectivity index is 1.74. The van der Waals surface area contributed by atoms with Crippen molar-refractivity contribution < 1.29 is 13.9 Å². The molecule has 2 heterocycles. The number of Topliss-reactive ketones (excluding diaryl/α,β-unsaturated/α-hetero) is 1. The Morgan fingerprint density at radius 2 is 2.00 bits per heavy atom. The summed E-state index contributed by atoms with van der Waals surface area (Å²) in [4.78, 5) is 29.7. The van der Waals surface area contributed by atoms with E-state index in [-0.39, 0.29) is 17.9 Å². The molecule has 30 heavy (non-hydrogen) atoms. The van der Waals surface area contributed by atoms with Gasteiger partial charge in [-0.05, 0) is 49.4 Å². The molecule has 152 valence electrons. The summed E-state index contributed by atoms with van der Waals surface area (Å²) in [6, 6.07) is 16.3. The molecule has 2 aromatic heterocycles. The Kier molecular flexibility index (Phi) is 5.72. The molecule has 0 spiro atoms. The van der Waals surface area contributed by atoms with E-state index in [1.165, 1.54) is 18.7 Å². The van der Waals surface area contributed by atoms with Crippen molar-refractivity contribution in [3.05, 3.63) is 88.1 Å². The highest BCUT2D eigenvalue weighted by Crippen LogP contribution is 2.29. The largest absolute Gasteiger partial charge is 0.496 e. The smallest absolute Gasteiger partial charge is 0.262 e. The van der Waals surface area contributed by atoms with Gasteiger partial charge in [-0.2, -0.15) is 0 Å². The standard InChI is InChI=1S/C23H20N2O4S/c1-15(26)16-9-10-21(28-2)17(12-16)14-30-23-24-20-8-4-3-7-19(20)22(27)25(23)13-18-6-5-11-29-18/h3-12H,13-14H2,1-2H3. The van der Waals surface area contributed by atoms with Gasteiger partial charge in [-0.25, -0.2) is 4.98 Å². The molecule has 0 N–H and O–H groups in total. The number of ether oxygens (including phenoxy) is 1. The van der Waals surface area contributed by atoms with Gasteiger partial charge in [0, 0.05) is 16.9 Å². The van der Waals surface area contributed by atoms with Gasteiger partial charge in [0.25, 0.3) is 5.56 Å². The molecule has 0 amide bonds. The number of furan rings is 1. The first-order valence-corrected chi connectivity index (χ1v) is 10.4. The van der Waals surface area contributed by atoms with Crippen molar-refractivity contribution >= 4 is 28.4 Å². The highest BCUT2D eigenvalue weighted by atomic mass is 32.2. The first-order valence-electron chi connectivity index (χ1n) is 9.39. The molecule has 0 saturated heterocycles. The van der Waals surface area contributed by atoms with Crippen LogP contribution < -0.4 is 10.3 Å². The summed E-state index contributed by atoms with van der Waals surface area (Å²) in [7, 11) is 1.60. The second-order valence-corrected chi connectivity index (χ2v) is 7.70. The molecule has 0 aliphatic carbocycles. The van der Waals surface area contributed by atoms with E-state index in [4.69, 9.17) is 14.1 Å². The minimum absolute atomic E-state index is 0.0116. The van der Waals surface area contributed by atoms with Crippen molar-refractivity contribution in [1.29, 1.82) is 0 Å². The van der Waals surface area contributed by atoms with Crippen LogP contribution in [-0.4, -0.2) is 22.4 Å². The number of hydrogen-bond donors (Lipinski definition) is 0. The Bertz CT molecular complexity index is 1260. The summed E-state index contributed by atoms with van der Waals surface area (Å²) in [5.74, 6) is 1.84. The second kappa shape index (κ2) is 8.59. The lowest BCUT2D eigenvalue weighted by Crippen LogP contribution is -2.23. The molecule has 0 radical (unpaired) electrons. The van der Waals surface area contributed by atoms with Gasteiger partial charge in [-0.15, -0.1) is 0 Å². The van der Waals surface area contributed by atoms with E-state index in [1.54, 1.807) is 42.2 Å². The quantitative estimate of drug-likeness (QED) is 0.248. The maximum absolute atomic E-state index is 13.2. The number of ketones is 1. The third-order valence-electron chi connectivity index (χ3n) is 4.76. The van der Waals surface area contributed by atoms with Gasteiger partial charge < -0.3 is 9.15 Å². The third kappa shape index (κ3) is 4.02. The number of carbonyl (C=O) groups is 1. The van der Waals surface area contributed by atoms with Gasteiger partial charge in [-0.3, -0.25) is 14.2 Å². The molecule has 7 heteroatoms. The van der Waals surface area contributed by atoms with Crippen LogP contribution in [0.15, 0.2) is 75.2 Å². The average molecular weight is 420 g/mol. The molecular formula is C23H20N2O4S. The summed E-state index contributed by atoms with van der Waals surface area (Å²) >= 11 is 1.42. The molecule has 0 fully saturated rings. The molecule has 6 nitrogen and oxygen atoms in total. The van der Waals surface area contributed by atoms with Gasteiger partial charge in [0.05, 0.1) is 30.8 Å². The highest BCUT2D eigenvalue weighted by Gasteiger charge is 2.15. The number of fused-ring (bicyclic) bond motifs is 1. The van der Waals surface area contributed by atoms with Crippen LogP contribution in [0.3, 0.4) is 0 Å². The number of nitrogens with zero attached hydrogens (tertiary/aromatic N) is 2. The summed E-state index contributed by atoms with van der Waals surface area (Å²) in [5.41, 5.74) is 2.00. The summed E-state index contributed by atoms with van der Waals surface area (Å²) in [5, 5.41) is 1.13. The fourth-order valence-electron chi connectivity index (χ4n) is 3.21. The van der Waals surface area contributed by atoms with Gasteiger partial charge in [-0.1, -0.05) is 23.9 Å². The fraction of sp³-hybridized carbons (Fsp3) is 0.174. The van der Waals surface area contributed by atoms with Crippen molar-refractivity contribution in [1.82, 2.24) is 9.55 Å². The van der Waals surface area contributed by atoms with E-state index >= 15 is 0 Å². The van der Waals surface area contributed by atoms with E-state index in [0.29, 0.717) is 38.9 Å². The van der Waals surface area contributed by atoms with E-state index in [2.05, 4.69) is 0 Å². The Labute approximate surface area is 177 Å². The molecular weight excluding hydrogens is 400 g/mol. The lowest BCUT2D eigenvalue weighted by molar-refractivity contribution is 0.101. The number of para-hydroxylation sites is 1. The zero-order valence-corrected chi connectivity index (χ0v) is 17.4. The van der Waals surface area contributed by atoms with E-state index in [0.717, 1.165) is 5.56 Å². The molecule has 2 aromatic carbocycles. The number of aromatic nitrogens is 2. The van der Waals surface area contributed by atoms with Gasteiger partial charge in [0.2, 0.25) is 0 Å². The van der Waals surface area contributed by atoms with Crippen LogP contribution in [0.4, 0.5) is 0 Å². The van der Waals surface area contributed by atoms with Crippen LogP contribution in [0.25, 0.3) is 10.9 Å². The van der Waals surface area contributed by atoms with Crippen LogP contribution in [0.5, 0.6) is 5.75 Å². The number of methoxy groups -OCH3 is 1.